The fourth-order valence-electron chi connectivity index (χ4n) is 2.88. The summed E-state index contributed by atoms with van der Waals surface area (Å²) in [6, 6.07) is 9.71. The van der Waals surface area contributed by atoms with Gasteiger partial charge in [-0.15, -0.1) is 0 Å². The molecule has 2 aromatic rings. The van der Waals surface area contributed by atoms with Gasteiger partial charge >= 0.3 is 0 Å². The second-order valence-corrected chi connectivity index (χ2v) is 6.25. The molecule has 3 rings (SSSR count). The van der Waals surface area contributed by atoms with Crippen LogP contribution in [0.1, 0.15) is 40.0 Å². The molecule has 0 radical (unpaired) electrons. The van der Waals surface area contributed by atoms with Crippen LogP contribution in [0.15, 0.2) is 30.3 Å². The molecular weight excluding hydrogens is 286 g/mol. The van der Waals surface area contributed by atoms with Crippen LogP contribution < -0.4 is 10.2 Å². The van der Waals surface area contributed by atoms with E-state index in [-0.39, 0.29) is 5.91 Å². The highest BCUT2D eigenvalue weighted by molar-refractivity contribution is 6.04. The highest BCUT2D eigenvalue weighted by Crippen LogP contribution is 2.22. The average molecular weight is 309 g/mol. The smallest absolute Gasteiger partial charge is 0.255 e. The zero-order valence-corrected chi connectivity index (χ0v) is 14.0. The number of benzene rings is 1. The van der Waals surface area contributed by atoms with E-state index in [1.165, 1.54) is 18.4 Å². The molecule has 0 spiro atoms. The van der Waals surface area contributed by atoms with Crippen molar-refractivity contribution in [2.24, 2.45) is 0 Å². The minimum atomic E-state index is -0.0908. The third-order valence-corrected chi connectivity index (χ3v) is 4.52. The number of hydrogen-bond donors (Lipinski definition) is 1. The number of nitrogens with one attached hydrogen (secondary N) is 1. The SMILES string of the molecule is Cc1ccc(C(=O)Nc2ccc(N3CCCC3)nc2C)cc1C. The van der Waals surface area contributed by atoms with Gasteiger partial charge in [0.1, 0.15) is 5.82 Å². The summed E-state index contributed by atoms with van der Waals surface area (Å²) in [4.78, 5) is 19.4. The third-order valence-electron chi connectivity index (χ3n) is 4.52. The molecule has 23 heavy (non-hydrogen) atoms. The lowest BCUT2D eigenvalue weighted by atomic mass is 10.1. The summed E-state index contributed by atoms with van der Waals surface area (Å²) in [6.45, 7) is 8.14. The molecule has 0 atom stereocenters. The second kappa shape index (κ2) is 6.41. The van der Waals surface area contributed by atoms with E-state index < -0.39 is 0 Å². The molecule has 1 aromatic carbocycles. The van der Waals surface area contributed by atoms with E-state index in [0.717, 1.165) is 35.9 Å². The van der Waals surface area contributed by atoms with Crippen molar-refractivity contribution in [1.82, 2.24) is 4.98 Å². The number of anilines is 2. The van der Waals surface area contributed by atoms with E-state index in [9.17, 15) is 4.79 Å². The first-order valence-corrected chi connectivity index (χ1v) is 8.16. The minimum absolute atomic E-state index is 0.0908. The van der Waals surface area contributed by atoms with Crippen LogP contribution in [0.4, 0.5) is 11.5 Å². The van der Waals surface area contributed by atoms with Crippen molar-refractivity contribution >= 4 is 17.4 Å². The third kappa shape index (κ3) is 3.36. The number of nitrogens with zero attached hydrogens (tertiary/aromatic N) is 2. The van der Waals surface area contributed by atoms with Crippen molar-refractivity contribution < 1.29 is 4.79 Å². The Morgan fingerprint density at radius 1 is 1.04 bits per heavy atom. The van der Waals surface area contributed by atoms with Gasteiger partial charge in [0.15, 0.2) is 0 Å². The van der Waals surface area contributed by atoms with Gasteiger partial charge in [0.25, 0.3) is 5.91 Å². The Balaban J connectivity index is 1.76. The number of pyridine rings is 1. The number of rotatable bonds is 3. The maximum Gasteiger partial charge on any atom is 0.255 e. The van der Waals surface area contributed by atoms with E-state index in [1.807, 2.05) is 51.1 Å². The predicted molar refractivity (Wildman–Crippen MR) is 94.3 cm³/mol. The number of carbonyl (C=O) groups excluding carboxylic acids is 1. The molecular formula is C19H23N3O. The quantitative estimate of drug-likeness (QED) is 0.936. The van der Waals surface area contributed by atoms with Gasteiger partial charge in [0, 0.05) is 18.7 Å². The van der Waals surface area contributed by atoms with Crippen LogP contribution in [0, 0.1) is 20.8 Å². The Hall–Kier alpha value is -2.36. The Labute approximate surface area is 137 Å². The Kier molecular flexibility index (Phi) is 4.33. The fourth-order valence-corrected chi connectivity index (χ4v) is 2.88. The molecule has 0 bridgehead atoms. The first-order chi connectivity index (χ1) is 11.0. The van der Waals surface area contributed by atoms with Crippen LogP contribution >= 0.6 is 0 Å². The van der Waals surface area contributed by atoms with Gasteiger partial charge in [-0.3, -0.25) is 4.79 Å². The number of aromatic nitrogens is 1. The molecule has 1 aromatic heterocycles. The molecule has 1 saturated heterocycles. The van der Waals surface area contributed by atoms with Gasteiger partial charge in [0.2, 0.25) is 0 Å². The van der Waals surface area contributed by atoms with Crippen LogP contribution in [0.25, 0.3) is 0 Å². The van der Waals surface area contributed by atoms with Gasteiger partial charge in [0.05, 0.1) is 11.4 Å². The number of carbonyl (C=O) groups is 1. The highest BCUT2D eigenvalue weighted by atomic mass is 16.1. The Bertz CT molecular complexity index is 733. The second-order valence-electron chi connectivity index (χ2n) is 6.25. The Morgan fingerprint density at radius 2 is 1.78 bits per heavy atom. The van der Waals surface area contributed by atoms with E-state index in [1.54, 1.807) is 0 Å². The highest BCUT2D eigenvalue weighted by Gasteiger charge is 2.15. The zero-order valence-electron chi connectivity index (χ0n) is 14.0. The van der Waals surface area contributed by atoms with Gasteiger partial charge in [-0.2, -0.15) is 0 Å². The molecule has 1 fully saturated rings. The number of hydrogen-bond acceptors (Lipinski definition) is 3. The molecule has 1 aliphatic heterocycles. The van der Waals surface area contributed by atoms with Crippen molar-refractivity contribution in [2.45, 2.75) is 33.6 Å². The molecule has 0 saturated carbocycles. The molecule has 1 N–H and O–H groups in total. The van der Waals surface area contributed by atoms with Crippen molar-refractivity contribution in [3.05, 3.63) is 52.7 Å². The zero-order chi connectivity index (χ0) is 16.4. The van der Waals surface area contributed by atoms with Crippen molar-refractivity contribution in [3.63, 3.8) is 0 Å². The first kappa shape index (κ1) is 15.5. The van der Waals surface area contributed by atoms with E-state index >= 15 is 0 Å². The van der Waals surface area contributed by atoms with Crippen LogP contribution in [-0.4, -0.2) is 24.0 Å². The van der Waals surface area contributed by atoms with Gasteiger partial charge in [-0.25, -0.2) is 4.98 Å². The normalized spacial score (nSPS) is 14.1. The molecule has 120 valence electrons. The summed E-state index contributed by atoms with van der Waals surface area (Å²) in [7, 11) is 0. The topological polar surface area (TPSA) is 45.2 Å². The van der Waals surface area contributed by atoms with E-state index in [0.29, 0.717) is 5.56 Å². The molecule has 4 nitrogen and oxygen atoms in total. The molecule has 1 aliphatic rings. The monoisotopic (exact) mass is 309 g/mol. The summed E-state index contributed by atoms with van der Waals surface area (Å²) in [5.74, 6) is 0.913. The largest absolute Gasteiger partial charge is 0.357 e. The number of aryl methyl sites for hydroxylation is 3. The maximum atomic E-state index is 12.4. The summed E-state index contributed by atoms with van der Waals surface area (Å²) in [6.07, 6.45) is 2.46. The predicted octanol–water partition coefficient (Wildman–Crippen LogP) is 3.86. The maximum absolute atomic E-state index is 12.4. The molecule has 2 heterocycles. The lowest BCUT2D eigenvalue weighted by Crippen LogP contribution is -2.20. The molecule has 0 aliphatic carbocycles. The van der Waals surface area contributed by atoms with E-state index in [4.69, 9.17) is 0 Å². The van der Waals surface area contributed by atoms with Crippen LogP contribution in [-0.2, 0) is 0 Å². The lowest BCUT2D eigenvalue weighted by molar-refractivity contribution is 0.102. The van der Waals surface area contributed by atoms with Crippen LogP contribution in [0.5, 0.6) is 0 Å². The minimum Gasteiger partial charge on any atom is -0.357 e. The fraction of sp³-hybridized carbons (Fsp3) is 0.368. The Morgan fingerprint density at radius 3 is 2.43 bits per heavy atom. The van der Waals surface area contributed by atoms with Crippen LogP contribution in [0.2, 0.25) is 0 Å². The molecule has 4 heteroatoms. The van der Waals surface area contributed by atoms with Crippen LogP contribution in [0.3, 0.4) is 0 Å². The summed E-state index contributed by atoms with van der Waals surface area (Å²) < 4.78 is 0. The summed E-state index contributed by atoms with van der Waals surface area (Å²) in [5, 5.41) is 2.97. The van der Waals surface area contributed by atoms with Gasteiger partial charge in [-0.05, 0) is 69.0 Å². The van der Waals surface area contributed by atoms with Crippen molar-refractivity contribution in [3.8, 4) is 0 Å². The standard InChI is InChI=1S/C19H23N3O/c1-13-6-7-16(12-14(13)2)19(23)21-17-8-9-18(20-15(17)3)22-10-4-5-11-22/h6-9,12H,4-5,10-11H2,1-3H3,(H,21,23). The van der Waals surface area contributed by atoms with Gasteiger partial charge in [-0.1, -0.05) is 6.07 Å². The molecule has 0 unspecified atom stereocenters. The van der Waals surface area contributed by atoms with Gasteiger partial charge < -0.3 is 10.2 Å². The van der Waals surface area contributed by atoms with Crippen molar-refractivity contribution in [1.29, 1.82) is 0 Å². The van der Waals surface area contributed by atoms with Crippen molar-refractivity contribution in [2.75, 3.05) is 23.3 Å². The lowest BCUT2D eigenvalue weighted by Gasteiger charge is -2.18. The average Bonchev–Trinajstić information content (AvgIpc) is 3.06. The first-order valence-electron chi connectivity index (χ1n) is 8.16. The summed E-state index contributed by atoms with van der Waals surface area (Å²) >= 11 is 0. The summed E-state index contributed by atoms with van der Waals surface area (Å²) in [5.41, 5.74) is 4.62. The molecule has 1 amide bonds. The number of amides is 1. The van der Waals surface area contributed by atoms with E-state index in [2.05, 4.69) is 15.2 Å².